The van der Waals surface area contributed by atoms with Crippen molar-refractivity contribution in [2.24, 2.45) is 12.8 Å². The molecule has 1 saturated heterocycles. The van der Waals surface area contributed by atoms with Gasteiger partial charge in [0.25, 0.3) is 0 Å². The number of hydrogen-bond acceptors (Lipinski definition) is 4. The van der Waals surface area contributed by atoms with Gasteiger partial charge in [0.1, 0.15) is 11.7 Å². The van der Waals surface area contributed by atoms with E-state index < -0.39 is 6.04 Å². The van der Waals surface area contributed by atoms with E-state index in [0.717, 1.165) is 35.1 Å². The van der Waals surface area contributed by atoms with E-state index in [0.29, 0.717) is 12.3 Å². The molecule has 0 unspecified atom stereocenters. The molecule has 1 amide bonds. The Hall–Kier alpha value is -3.28. The van der Waals surface area contributed by atoms with E-state index >= 15 is 0 Å². The number of nitrogens with zero attached hydrogens (tertiary/aromatic N) is 2. The van der Waals surface area contributed by atoms with Crippen LogP contribution in [0.5, 0.6) is 0 Å². The summed E-state index contributed by atoms with van der Waals surface area (Å²) in [6.07, 6.45) is 0.860. The Labute approximate surface area is 169 Å². The molecule has 3 aromatic rings. The smallest absolute Gasteiger partial charge is 0.354 e. The van der Waals surface area contributed by atoms with Crippen LogP contribution in [0.1, 0.15) is 35.3 Å². The van der Waals surface area contributed by atoms with Crippen molar-refractivity contribution in [3.8, 4) is 0 Å². The number of aromatic nitrogens is 1. The molecular formula is C23H25N3O3. The first-order chi connectivity index (χ1) is 14.0. The molecule has 1 fully saturated rings. The first-order valence-electron chi connectivity index (χ1n) is 9.88. The summed E-state index contributed by atoms with van der Waals surface area (Å²) in [5.41, 5.74) is 9.33. The van der Waals surface area contributed by atoms with Crippen molar-refractivity contribution >= 4 is 28.5 Å². The molecule has 1 aliphatic heterocycles. The lowest BCUT2D eigenvalue weighted by Gasteiger charge is -2.27. The molecule has 4 rings (SSSR count). The SMILES string of the molecule is CCOC(=O)c1cc2cc(N3CC[C@H](c4ccccc4)[C@H]3C(N)=O)ccc2n1C. The van der Waals surface area contributed by atoms with Crippen molar-refractivity contribution in [3.63, 3.8) is 0 Å². The minimum atomic E-state index is -0.400. The predicted molar refractivity (Wildman–Crippen MR) is 113 cm³/mol. The summed E-state index contributed by atoms with van der Waals surface area (Å²) in [4.78, 5) is 26.7. The second-order valence-electron chi connectivity index (χ2n) is 7.40. The van der Waals surface area contributed by atoms with E-state index in [9.17, 15) is 9.59 Å². The number of carbonyl (C=O) groups is 2. The lowest BCUT2D eigenvalue weighted by molar-refractivity contribution is -0.119. The number of esters is 1. The summed E-state index contributed by atoms with van der Waals surface area (Å²) < 4.78 is 6.98. The van der Waals surface area contributed by atoms with Gasteiger partial charge >= 0.3 is 5.97 Å². The monoisotopic (exact) mass is 391 g/mol. The van der Waals surface area contributed by atoms with E-state index in [1.54, 1.807) is 6.92 Å². The molecule has 1 aliphatic rings. The molecule has 29 heavy (non-hydrogen) atoms. The molecule has 0 radical (unpaired) electrons. The molecule has 2 N–H and O–H groups in total. The van der Waals surface area contributed by atoms with Gasteiger partial charge in [-0.25, -0.2) is 4.79 Å². The van der Waals surface area contributed by atoms with Crippen molar-refractivity contribution in [2.75, 3.05) is 18.1 Å². The predicted octanol–water partition coefficient (Wildman–Crippen LogP) is 3.20. The number of ether oxygens (including phenoxy) is 1. The molecular weight excluding hydrogens is 366 g/mol. The topological polar surface area (TPSA) is 77.6 Å². The van der Waals surface area contributed by atoms with Crippen molar-refractivity contribution < 1.29 is 14.3 Å². The Kier molecular flexibility index (Phi) is 5.01. The number of aryl methyl sites for hydroxylation is 1. The van der Waals surface area contributed by atoms with Crippen LogP contribution in [-0.4, -0.2) is 35.6 Å². The summed E-state index contributed by atoms with van der Waals surface area (Å²) >= 11 is 0. The van der Waals surface area contributed by atoms with Gasteiger partial charge < -0.3 is 19.9 Å². The first kappa shape index (κ1) is 19.1. The molecule has 0 aliphatic carbocycles. The van der Waals surface area contributed by atoms with Crippen molar-refractivity contribution in [3.05, 3.63) is 65.9 Å². The number of fused-ring (bicyclic) bond motifs is 1. The lowest BCUT2D eigenvalue weighted by Crippen LogP contribution is -2.43. The zero-order valence-corrected chi connectivity index (χ0v) is 16.7. The largest absolute Gasteiger partial charge is 0.461 e. The summed E-state index contributed by atoms with van der Waals surface area (Å²) in [6, 6.07) is 17.5. The molecule has 0 spiro atoms. The molecule has 2 atom stereocenters. The fourth-order valence-corrected chi connectivity index (χ4v) is 4.40. The Morgan fingerprint density at radius 3 is 2.59 bits per heavy atom. The molecule has 6 nitrogen and oxygen atoms in total. The Balaban J connectivity index is 1.70. The van der Waals surface area contributed by atoms with E-state index in [1.807, 2.05) is 54.1 Å². The van der Waals surface area contributed by atoms with Gasteiger partial charge in [-0.1, -0.05) is 30.3 Å². The number of anilines is 1. The zero-order valence-electron chi connectivity index (χ0n) is 16.7. The van der Waals surface area contributed by atoms with Crippen LogP contribution in [0.4, 0.5) is 5.69 Å². The van der Waals surface area contributed by atoms with Crippen LogP contribution in [0.3, 0.4) is 0 Å². The van der Waals surface area contributed by atoms with E-state index in [1.165, 1.54) is 0 Å². The van der Waals surface area contributed by atoms with Crippen molar-refractivity contribution in [2.45, 2.75) is 25.3 Å². The highest BCUT2D eigenvalue weighted by molar-refractivity contribution is 5.97. The molecule has 0 bridgehead atoms. The fourth-order valence-electron chi connectivity index (χ4n) is 4.40. The third kappa shape index (κ3) is 3.35. The molecule has 1 aromatic heterocycles. The van der Waals surface area contributed by atoms with Gasteiger partial charge in [0, 0.05) is 36.1 Å². The van der Waals surface area contributed by atoms with Gasteiger partial charge in [-0.15, -0.1) is 0 Å². The van der Waals surface area contributed by atoms with Crippen LogP contribution in [0.2, 0.25) is 0 Å². The number of primary amides is 1. The summed E-state index contributed by atoms with van der Waals surface area (Å²) in [5.74, 6) is -0.597. The van der Waals surface area contributed by atoms with Gasteiger partial charge in [0.2, 0.25) is 5.91 Å². The summed E-state index contributed by atoms with van der Waals surface area (Å²) in [7, 11) is 1.85. The van der Waals surface area contributed by atoms with Crippen LogP contribution in [0, 0.1) is 0 Å². The molecule has 6 heteroatoms. The number of hydrogen-bond donors (Lipinski definition) is 1. The normalized spacial score (nSPS) is 18.9. The molecule has 2 aromatic carbocycles. The van der Waals surface area contributed by atoms with Crippen molar-refractivity contribution in [1.29, 1.82) is 0 Å². The standard InChI is InChI=1S/C23H25N3O3/c1-3-29-23(28)20-14-16-13-17(9-10-19(16)25(20)2)26-12-11-18(21(26)22(24)27)15-7-5-4-6-8-15/h4-10,13-14,18,21H,3,11-12H2,1-2H3,(H2,24,27)/t18-,21+/m1/s1. The molecule has 0 saturated carbocycles. The third-order valence-electron chi connectivity index (χ3n) is 5.76. The Bertz CT molecular complexity index is 1060. The number of rotatable bonds is 5. The highest BCUT2D eigenvalue weighted by Gasteiger charge is 2.39. The Morgan fingerprint density at radius 2 is 1.90 bits per heavy atom. The number of benzene rings is 2. The van der Waals surface area contributed by atoms with E-state index in [-0.39, 0.29) is 17.8 Å². The van der Waals surface area contributed by atoms with Crippen LogP contribution in [0.25, 0.3) is 10.9 Å². The number of nitrogens with two attached hydrogens (primary N) is 1. The zero-order chi connectivity index (χ0) is 20.5. The van der Waals surface area contributed by atoms with E-state index in [2.05, 4.69) is 17.0 Å². The molecule has 2 heterocycles. The maximum absolute atomic E-state index is 12.4. The first-order valence-corrected chi connectivity index (χ1v) is 9.88. The van der Waals surface area contributed by atoms with Gasteiger partial charge in [-0.05, 0) is 43.2 Å². The fraction of sp³-hybridized carbons (Fsp3) is 0.304. The van der Waals surface area contributed by atoms with Crippen molar-refractivity contribution in [1.82, 2.24) is 4.57 Å². The van der Waals surface area contributed by atoms with Gasteiger partial charge in [-0.2, -0.15) is 0 Å². The summed E-state index contributed by atoms with van der Waals surface area (Å²) in [6.45, 7) is 2.87. The number of amides is 1. The van der Waals surface area contributed by atoms with Gasteiger partial charge in [0.15, 0.2) is 0 Å². The second kappa shape index (κ2) is 7.62. The second-order valence-corrected chi connectivity index (χ2v) is 7.40. The quantitative estimate of drug-likeness (QED) is 0.678. The summed E-state index contributed by atoms with van der Waals surface area (Å²) in [5, 5.41) is 0.930. The van der Waals surface area contributed by atoms with E-state index in [4.69, 9.17) is 10.5 Å². The van der Waals surface area contributed by atoms with Gasteiger partial charge in [-0.3, -0.25) is 4.79 Å². The minimum absolute atomic E-state index is 0.0651. The minimum Gasteiger partial charge on any atom is -0.461 e. The molecule has 150 valence electrons. The highest BCUT2D eigenvalue weighted by Crippen LogP contribution is 2.37. The van der Waals surface area contributed by atoms with Crippen LogP contribution < -0.4 is 10.6 Å². The maximum atomic E-state index is 12.4. The average molecular weight is 391 g/mol. The third-order valence-corrected chi connectivity index (χ3v) is 5.76. The average Bonchev–Trinajstić information content (AvgIpc) is 3.30. The van der Waals surface area contributed by atoms with Crippen LogP contribution in [0.15, 0.2) is 54.6 Å². The van der Waals surface area contributed by atoms with Crippen LogP contribution in [-0.2, 0) is 16.6 Å². The Morgan fingerprint density at radius 1 is 1.14 bits per heavy atom. The lowest BCUT2D eigenvalue weighted by atomic mass is 9.91. The number of carbonyl (C=O) groups excluding carboxylic acids is 2. The maximum Gasteiger partial charge on any atom is 0.354 e. The van der Waals surface area contributed by atoms with Gasteiger partial charge in [0.05, 0.1) is 6.61 Å². The van der Waals surface area contributed by atoms with Crippen LogP contribution >= 0.6 is 0 Å². The highest BCUT2D eigenvalue weighted by atomic mass is 16.5.